The van der Waals surface area contributed by atoms with Gasteiger partial charge in [-0.2, -0.15) is 0 Å². The number of anilines is 1. The lowest BCUT2D eigenvalue weighted by Crippen LogP contribution is -2.69. The number of amides is 1. The minimum atomic E-state index is 0. The van der Waals surface area contributed by atoms with Crippen LogP contribution >= 0.6 is 12.4 Å². The number of para-hydroxylation sites is 1. The molecule has 136 valence electrons. The van der Waals surface area contributed by atoms with Crippen molar-refractivity contribution in [1.82, 2.24) is 4.90 Å². The Bertz CT molecular complexity index is 854. The maximum Gasteiger partial charge on any atom is 0.229 e. The molecule has 1 aromatic carbocycles. The lowest BCUT2D eigenvalue weighted by atomic mass is 9.53. The van der Waals surface area contributed by atoms with Gasteiger partial charge in [-0.3, -0.25) is 9.69 Å². The Morgan fingerprint density at radius 3 is 3.04 bits per heavy atom. The largest absolute Gasteiger partial charge is 0.373 e. The van der Waals surface area contributed by atoms with Crippen molar-refractivity contribution in [2.75, 3.05) is 24.6 Å². The van der Waals surface area contributed by atoms with Crippen molar-refractivity contribution in [3.63, 3.8) is 0 Å². The molecule has 5 heterocycles. The maximum absolute atomic E-state index is 13.2. The number of hydrogen-bond acceptors (Lipinski definition) is 3. The molecule has 1 saturated carbocycles. The molecule has 1 unspecified atom stereocenters. The Hall–Kier alpha value is -1.36. The average Bonchev–Trinajstić information content (AvgIpc) is 3.10. The summed E-state index contributed by atoms with van der Waals surface area (Å²) in [5, 5.41) is 0. The van der Waals surface area contributed by atoms with Crippen LogP contribution in [0.5, 0.6) is 0 Å². The lowest BCUT2D eigenvalue weighted by Gasteiger charge is -2.58. The molecule has 3 saturated heterocycles. The van der Waals surface area contributed by atoms with Gasteiger partial charge in [0.2, 0.25) is 5.91 Å². The van der Waals surface area contributed by atoms with Crippen molar-refractivity contribution in [2.24, 2.45) is 11.8 Å². The number of ether oxygens (including phenoxy) is 1. The highest BCUT2D eigenvalue weighted by Crippen LogP contribution is 2.65. The number of halogens is 1. The van der Waals surface area contributed by atoms with Gasteiger partial charge in [-0.05, 0) is 36.9 Å². The molecular weight excluding hydrogens is 348 g/mol. The number of nitrogens with zero attached hydrogens (tertiary/aromatic N) is 2. The Morgan fingerprint density at radius 2 is 2.12 bits per heavy atom. The van der Waals surface area contributed by atoms with Crippen LogP contribution in [0.15, 0.2) is 35.9 Å². The molecule has 0 N–H and O–H groups in total. The Kier molecular flexibility index (Phi) is 2.96. The molecule has 6 atom stereocenters. The molecular formula is C21H23ClN2O2. The van der Waals surface area contributed by atoms with Crippen LogP contribution in [0, 0.1) is 11.8 Å². The summed E-state index contributed by atoms with van der Waals surface area (Å²) >= 11 is 0. The minimum Gasteiger partial charge on any atom is -0.373 e. The second kappa shape index (κ2) is 4.92. The molecule has 4 nitrogen and oxygen atoms in total. The van der Waals surface area contributed by atoms with Gasteiger partial charge in [-0.1, -0.05) is 29.8 Å². The summed E-state index contributed by atoms with van der Waals surface area (Å²) in [4.78, 5) is 18.1. The number of carbonyl (C=O) groups is 1. The molecule has 0 aromatic heterocycles. The second-order valence-corrected chi connectivity index (χ2v) is 8.78. The van der Waals surface area contributed by atoms with Gasteiger partial charge in [0.1, 0.15) is 0 Å². The SMILES string of the molecule is Cl.O=C1C[C@@H]2OCC=C3CN4CC[C@]56c7ccccc7N1C5[C@H]2[C@H]3C[C@H]46. The number of fused-ring (bicyclic) bond motifs is 2. The van der Waals surface area contributed by atoms with Gasteiger partial charge in [0.15, 0.2) is 0 Å². The maximum atomic E-state index is 13.2. The van der Waals surface area contributed by atoms with Gasteiger partial charge < -0.3 is 9.64 Å². The predicted molar refractivity (Wildman–Crippen MR) is 101 cm³/mol. The lowest BCUT2D eigenvalue weighted by molar-refractivity contribution is -0.132. The normalized spacial score (nSPS) is 44.2. The molecule has 5 aliphatic heterocycles. The van der Waals surface area contributed by atoms with Gasteiger partial charge in [-0.25, -0.2) is 0 Å². The average molecular weight is 371 g/mol. The van der Waals surface area contributed by atoms with Crippen LogP contribution in [-0.2, 0) is 14.9 Å². The molecule has 0 radical (unpaired) electrons. The molecule has 1 aliphatic carbocycles. The van der Waals surface area contributed by atoms with E-state index in [0.717, 1.165) is 6.54 Å². The van der Waals surface area contributed by atoms with Gasteiger partial charge in [-0.15, -0.1) is 12.4 Å². The van der Waals surface area contributed by atoms with E-state index in [1.165, 1.54) is 30.6 Å². The Morgan fingerprint density at radius 1 is 1.23 bits per heavy atom. The number of piperidine rings is 2. The fourth-order valence-corrected chi connectivity index (χ4v) is 7.51. The van der Waals surface area contributed by atoms with Gasteiger partial charge in [0.25, 0.3) is 0 Å². The Balaban J connectivity index is 0.00000137. The van der Waals surface area contributed by atoms with E-state index in [1.807, 2.05) is 0 Å². The van der Waals surface area contributed by atoms with E-state index < -0.39 is 0 Å². The van der Waals surface area contributed by atoms with E-state index in [0.29, 0.717) is 36.9 Å². The fourth-order valence-electron chi connectivity index (χ4n) is 7.51. The minimum absolute atomic E-state index is 0. The van der Waals surface area contributed by atoms with Crippen LogP contribution < -0.4 is 4.90 Å². The smallest absolute Gasteiger partial charge is 0.229 e. The summed E-state index contributed by atoms with van der Waals surface area (Å²) in [6.07, 6.45) is 5.43. The first-order valence-corrected chi connectivity index (χ1v) is 9.75. The third-order valence-electron chi connectivity index (χ3n) is 8.22. The zero-order valence-corrected chi connectivity index (χ0v) is 15.5. The molecule has 6 aliphatic rings. The summed E-state index contributed by atoms with van der Waals surface area (Å²) in [7, 11) is 0. The summed E-state index contributed by atoms with van der Waals surface area (Å²) < 4.78 is 6.25. The zero-order chi connectivity index (χ0) is 16.3. The fraction of sp³-hybridized carbons (Fsp3) is 0.571. The van der Waals surface area contributed by atoms with Gasteiger partial charge in [0, 0.05) is 29.6 Å². The highest BCUT2D eigenvalue weighted by Gasteiger charge is 2.70. The highest BCUT2D eigenvalue weighted by molar-refractivity contribution is 5.99. The third-order valence-corrected chi connectivity index (χ3v) is 8.22. The van der Waals surface area contributed by atoms with Crippen LogP contribution in [0.1, 0.15) is 24.8 Å². The van der Waals surface area contributed by atoms with E-state index in [2.05, 4.69) is 40.1 Å². The van der Waals surface area contributed by atoms with Crippen LogP contribution in [0.4, 0.5) is 5.69 Å². The molecule has 5 heteroatoms. The van der Waals surface area contributed by atoms with Crippen molar-refractivity contribution in [1.29, 1.82) is 0 Å². The van der Waals surface area contributed by atoms with Crippen LogP contribution in [0.3, 0.4) is 0 Å². The second-order valence-electron chi connectivity index (χ2n) is 8.78. The topological polar surface area (TPSA) is 32.8 Å². The first-order valence-electron chi connectivity index (χ1n) is 9.75. The number of carbonyl (C=O) groups excluding carboxylic acids is 1. The van der Waals surface area contributed by atoms with Crippen molar-refractivity contribution >= 4 is 24.0 Å². The standard InChI is InChI=1S/C21H22N2O2.ClH/c24-18-10-16-19-13-9-17-21(6-7-22(17)11-12(13)5-8-25-16)14-3-1-2-4-15(14)23(18)20(19)21;/h1-5,13,16-17,19-20H,6-11H2;1H/t13-,16-,17-,19-,20?,21+;/m0./s1. The van der Waals surface area contributed by atoms with E-state index in [9.17, 15) is 4.79 Å². The van der Waals surface area contributed by atoms with Crippen molar-refractivity contribution in [3.8, 4) is 0 Å². The Labute approximate surface area is 159 Å². The van der Waals surface area contributed by atoms with Crippen molar-refractivity contribution in [3.05, 3.63) is 41.5 Å². The third kappa shape index (κ3) is 1.52. The van der Waals surface area contributed by atoms with E-state index in [4.69, 9.17) is 4.74 Å². The first-order chi connectivity index (χ1) is 12.3. The summed E-state index contributed by atoms with van der Waals surface area (Å²) in [6.45, 7) is 2.97. The van der Waals surface area contributed by atoms with Gasteiger partial charge in [0.05, 0.1) is 25.2 Å². The van der Waals surface area contributed by atoms with Crippen LogP contribution in [0.2, 0.25) is 0 Å². The van der Waals surface area contributed by atoms with E-state index in [-0.39, 0.29) is 29.8 Å². The van der Waals surface area contributed by atoms with Crippen LogP contribution in [-0.4, -0.2) is 48.7 Å². The van der Waals surface area contributed by atoms with E-state index >= 15 is 0 Å². The molecule has 4 fully saturated rings. The predicted octanol–water partition coefficient (Wildman–Crippen LogP) is 2.51. The summed E-state index contributed by atoms with van der Waals surface area (Å²) in [5.74, 6) is 1.35. The number of rotatable bonds is 0. The van der Waals surface area contributed by atoms with Crippen molar-refractivity contribution < 1.29 is 9.53 Å². The van der Waals surface area contributed by atoms with Crippen molar-refractivity contribution in [2.45, 2.75) is 42.9 Å². The quantitative estimate of drug-likeness (QED) is 0.658. The molecule has 2 bridgehead atoms. The molecule has 1 amide bonds. The molecule has 1 aromatic rings. The molecule has 7 rings (SSSR count). The number of hydrogen-bond donors (Lipinski definition) is 0. The molecule has 1 spiro atoms. The first kappa shape index (κ1) is 15.7. The van der Waals surface area contributed by atoms with Gasteiger partial charge >= 0.3 is 0 Å². The zero-order valence-electron chi connectivity index (χ0n) is 14.6. The van der Waals surface area contributed by atoms with Crippen LogP contribution in [0.25, 0.3) is 0 Å². The molecule has 26 heavy (non-hydrogen) atoms. The summed E-state index contributed by atoms with van der Waals surface area (Å²) in [5.41, 5.74) is 4.35. The summed E-state index contributed by atoms with van der Waals surface area (Å²) in [6, 6.07) is 9.64. The monoisotopic (exact) mass is 370 g/mol. The highest BCUT2D eigenvalue weighted by atomic mass is 35.5. The number of benzene rings is 1. The van der Waals surface area contributed by atoms with E-state index in [1.54, 1.807) is 5.57 Å².